The molecule has 0 unspecified atom stereocenters. The van der Waals surface area contributed by atoms with Crippen molar-refractivity contribution in [1.82, 2.24) is 14.5 Å². The van der Waals surface area contributed by atoms with Gasteiger partial charge in [0.05, 0.1) is 6.54 Å². The molecule has 1 amide bonds. The van der Waals surface area contributed by atoms with Gasteiger partial charge in [-0.2, -0.15) is 0 Å². The molecule has 0 saturated heterocycles. The van der Waals surface area contributed by atoms with Crippen LogP contribution in [0.25, 0.3) is 0 Å². The van der Waals surface area contributed by atoms with Crippen LogP contribution in [0.4, 0.5) is 5.82 Å². The first kappa shape index (κ1) is 14.2. The Bertz CT molecular complexity index is 465. The molecular formula is C12H20N4O2. The molecule has 1 N–H and O–H groups in total. The van der Waals surface area contributed by atoms with Crippen LogP contribution in [-0.4, -0.2) is 41.0 Å². The van der Waals surface area contributed by atoms with Crippen molar-refractivity contribution >= 4 is 11.7 Å². The molecule has 0 aliphatic heterocycles. The number of amides is 1. The number of nitrogens with one attached hydrogen (secondary N) is 1. The first-order chi connectivity index (χ1) is 8.41. The maximum atomic E-state index is 12.0. The van der Waals surface area contributed by atoms with Crippen LogP contribution in [-0.2, 0) is 11.3 Å². The lowest BCUT2D eigenvalue weighted by molar-refractivity contribution is -0.126. The summed E-state index contributed by atoms with van der Waals surface area (Å²) >= 11 is 0. The van der Waals surface area contributed by atoms with Crippen molar-refractivity contribution in [3.05, 3.63) is 22.7 Å². The SMILES string of the molecule is CC(C)Cn1ccnc(NCC(=O)N(C)C)c1=O. The second-order valence-corrected chi connectivity index (χ2v) is 4.77. The minimum atomic E-state index is -0.197. The molecule has 0 aromatic carbocycles. The normalized spacial score (nSPS) is 10.5. The van der Waals surface area contributed by atoms with E-state index in [1.54, 1.807) is 31.1 Å². The number of carbonyl (C=O) groups is 1. The van der Waals surface area contributed by atoms with Crippen molar-refractivity contribution in [3.63, 3.8) is 0 Å². The van der Waals surface area contributed by atoms with E-state index in [1.165, 1.54) is 4.90 Å². The molecule has 100 valence electrons. The molecule has 0 bridgehead atoms. The van der Waals surface area contributed by atoms with E-state index in [0.29, 0.717) is 12.5 Å². The smallest absolute Gasteiger partial charge is 0.293 e. The Morgan fingerprint density at radius 1 is 1.50 bits per heavy atom. The van der Waals surface area contributed by atoms with Gasteiger partial charge in [-0.1, -0.05) is 13.8 Å². The Balaban J connectivity index is 2.78. The third kappa shape index (κ3) is 3.87. The van der Waals surface area contributed by atoms with E-state index in [1.807, 2.05) is 13.8 Å². The summed E-state index contributed by atoms with van der Waals surface area (Å²) in [4.78, 5) is 28.8. The quantitative estimate of drug-likeness (QED) is 0.823. The van der Waals surface area contributed by atoms with Crippen molar-refractivity contribution in [2.45, 2.75) is 20.4 Å². The molecule has 0 spiro atoms. The van der Waals surface area contributed by atoms with E-state index in [9.17, 15) is 9.59 Å². The molecule has 6 nitrogen and oxygen atoms in total. The number of hydrogen-bond acceptors (Lipinski definition) is 4. The number of anilines is 1. The zero-order valence-electron chi connectivity index (χ0n) is 11.3. The molecule has 18 heavy (non-hydrogen) atoms. The number of likely N-dealkylation sites (N-methyl/N-ethyl adjacent to an activating group) is 1. The zero-order chi connectivity index (χ0) is 13.7. The molecule has 0 atom stereocenters. The topological polar surface area (TPSA) is 67.2 Å². The summed E-state index contributed by atoms with van der Waals surface area (Å²) in [7, 11) is 3.33. The summed E-state index contributed by atoms with van der Waals surface area (Å²) in [6.45, 7) is 4.78. The monoisotopic (exact) mass is 252 g/mol. The van der Waals surface area contributed by atoms with Crippen LogP contribution >= 0.6 is 0 Å². The lowest BCUT2D eigenvalue weighted by Gasteiger charge is -2.12. The summed E-state index contributed by atoms with van der Waals surface area (Å²) in [5.41, 5.74) is -0.197. The molecule has 1 aromatic heterocycles. The van der Waals surface area contributed by atoms with E-state index in [0.717, 1.165) is 0 Å². The molecule has 1 rings (SSSR count). The van der Waals surface area contributed by atoms with Crippen molar-refractivity contribution in [2.75, 3.05) is 26.0 Å². The summed E-state index contributed by atoms with van der Waals surface area (Å²) in [6, 6.07) is 0. The molecule has 0 saturated carbocycles. The predicted octanol–water partition coefficient (Wildman–Crippen LogP) is 0.399. The second-order valence-electron chi connectivity index (χ2n) is 4.77. The van der Waals surface area contributed by atoms with Crippen LogP contribution in [0.3, 0.4) is 0 Å². The summed E-state index contributed by atoms with van der Waals surface area (Å²) in [5.74, 6) is 0.491. The van der Waals surface area contributed by atoms with Crippen molar-refractivity contribution in [2.24, 2.45) is 5.92 Å². The molecule has 0 radical (unpaired) electrons. The van der Waals surface area contributed by atoms with E-state index >= 15 is 0 Å². The minimum absolute atomic E-state index is 0.0704. The Labute approximate surface area is 107 Å². The molecule has 0 fully saturated rings. The van der Waals surface area contributed by atoms with Crippen LogP contribution < -0.4 is 10.9 Å². The second kappa shape index (κ2) is 6.18. The minimum Gasteiger partial charge on any atom is -0.356 e. The van der Waals surface area contributed by atoms with E-state index in [-0.39, 0.29) is 23.8 Å². The van der Waals surface area contributed by atoms with Gasteiger partial charge >= 0.3 is 0 Å². The highest BCUT2D eigenvalue weighted by Crippen LogP contribution is 1.98. The predicted molar refractivity (Wildman–Crippen MR) is 70.5 cm³/mol. The van der Waals surface area contributed by atoms with Gasteiger partial charge in [0, 0.05) is 33.0 Å². The van der Waals surface area contributed by atoms with Crippen LogP contribution in [0.5, 0.6) is 0 Å². The molecule has 0 aliphatic carbocycles. The summed E-state index contributed by atoms with van der Waals surface area (Å²) < 4.78 is 1.60. The Morgan fingerprint density at radius 2 is 2.17 bits per heavy atom. The third-order valence-corrected chi connectivity index (χ3v) is 2.38. The highest BCUT2D eigenvalue weighted by atomic mass is 16.2. The Kier molecular flexibility index (Phi) is 4.88. The van der Waals surface area contributed by atoms with Gasteiger partial charge < -0.3 is 14.8 Å². The molecular weight excluding hydrogens is 232 g/mol. The van der Waals surface area contributed by atoms with Gasteiger partial charge in [-0.3, -0.25) is 9.59 Å². The first-order valence-corrected chi connectivity index (χ1v) is 5.91. The fraction of sp³-hybridized carbons (Fsp3) is 0.583. The van der Waals surface area contributed by atoms with Crippen LogP contribution in [0.1, 0.15) is 13.8 Å². The van der Waals surface area contributed by atoms with Crippen LogP contribution in [0.15, 0.2) is 17.2 Å². The van der Waals surface area contributed by atoms with Crippen molar-refractivity contribution in [3.8, 4) is 0 Å². The third-order valence-electron chi connectivity index (χ3n) is 2.38. The Hall–Kier alpha value is -1.85. The number of aromatic nitrogens is 2. The maximum absolute atomic E-state index is 12.0. The van der Waals surface area contributed by atoms with Gasteiger partial charge in [0.1, 0.15) is 0 Å². The highest BCUT2D eigenvalue weighted by molar-refractivity contribution is 5.79. The van der Waals surface area contributed by atoms with Gasteiger partial charge in [0.2, 0.25) is 5.91 Å². The zero-order valence-corrected chi connectivity index (χ0v) is 11.3. The van der Waals surface area contributed by atoms with Gasteiger partial charge in [0.25, 0.3) is 5.56 Å². The Morgan fingerprint density at radius 3 is 2.72 bits per heavy atom. The average Bonchev–Trinajstić information content (AvgIpc) is 2.29. The standard InChI is InChI=1S/C12H20N4O2/c1-9(2)8-16-6-5-13-11(12(16)18)14-7-10(17)15(3)4/h5-6,9H,7-8H2,1-4H3,(H,13,14). The number of nitrogens with zero attached hydrogens (tertiary/aromatic N) is 3. The number of carbonyl (C=O) groups excluding carboxylic acids is 1. The lowest BCUT2D eigenvalue weighted by atomic mass is 10.2. The van der Waals surface area contributed by atoms with Gasteiger partial charge in [0.15, 0.2) is 5.82 Å². The van der Waals surface area contributed by atoms with E-state index < -0.39 is 0 Å². The van der Waals surface area contributed by atoms with Gasteiger partial charge in [-0.05, 0) is 5.92 Å². The average molecular weight is 252 g/mol. The highest BCUT2D eigenvalue weighted by Gasteiger charge is 2.08. The first-order valence-electron chi connectivity index (χ1n) is 5.91. The maximum Gasteiger partial charge on any atom is 0.293 e. The van der Waals surface area contributed by atoms with Gasteiger partial charge in [-0.15, -0.1) is 0 Å². The summed E-state index contributed by atoms with van der Waals surface area (Å²) in [5, 5.41) is 2.77. The van der Waals surface area contributed by atoms with Crippen molar-refractivity contribution in [1.29, 1.82) is 0 Å². The molecule has 1 aromatic rings. The van der Waals surface area contributed by atoms with Crippen LogP contribution in [0, 0.1) is 5.92 Å². The summed E-state index contributed by atoms with van der Waals surface area (Å²) in [6.07, 6.45) is 3.22. The van der Waals surface area contributed by atoms with Gasteiger partial charge in [-0.25, -0.2) is 4.98 Å². The molecule has 1 heterocycles. The van der Waals surface area contributed by atoms with E-state index in [4.69, 9.17) is 0 Å². The molecule has 6 heteroatoms. The van der Waals surface area contributed by atoms with E-state index in [2.05, 4.69) is 10.3 Å². The van der Waals surface area contributed by atoms with Crippen molar-refractivity contribution < 1.29 is 4.79 Å². The number of hydrogen-bond donors (Lipinski definition) is 1. The number of rotatable bonds is 5. The fourth-order valence-corrected chi connectivity index (χ4v) is 1.42. The molecule has 0 aliphatic rings. The van der Waals surface area contributed by atoms with Crippen LogP contribution in [0.2, 0.25) is 0 Å². The largest absolute Gasteiger partial charge is 0.356 e. The fourth-order valence-electron chi connectivity index (χ4n) is 1.42. The lowest BCUT2D eigenvalue weighted by Crippen LogP contribution is -2.32.